The average Bonchev–Trinajstić information content (AvgIpc) is 2.25. The maximum Gasteiger partial charge on any atom is 0.337 e. The summed E-state index contributed by atoms with van der Waals surface area (Å²) in [5.74, 6) is -0.985. The van der Waals surface area contributed by atoms with E-state index in [1.165, 1.54) is 17.8 Å². The molecule has 0 aromatic heterocycles. The molecular formula is C13H16BrNO3S. The van der Waals surface area contributed by atoms with Crippen molar-refractivity contribution in [3.63, 3.8) is 0 Å². The minimum absolute atomic E-state index is 0.00968. The third-order valence-electron chi connectivity index (χ3n) is 2.12. The number of carboxylic acid groups (broad SMARTS) is 1. The maximum absolute atomic E-state index is 11.8. The Morgan fingerprint density at radius 1 is 1.37 bits per heavy atom. The van der Waals surface area contributed by atoms with Crippen LogP contribution in [-0.4, -0.2) is 27.5 Å². The summed E-state index contributed by atoms with van der Waals surface area (Å²) in [6.07, 6.45) is 0. The van der Waals surface area contributed by atoms with E-state index in [-0.39, 0.29) is 22.0 Å². The van der Waals surface area contributed by atoms with E-state index < -0.39 is 5.97 Å². The molecule has 1 rings (SSSR count). The number of aromatic carboxylic acids is 1. The number of carbonyl (C=O) groups is 2. The summed E-state index contributed by atoms with van der Waals surface area (Å²) in [7, 11) is 0. The first-order chi connectivity index (χ1) is 8.69. The highest BCUT2D eigenvalue weighted by atomic mass is 79.9. The quantitative estimate of drug-likeness (QED) is 0.874. The zero-order valence-electron chi connectivity index (χ0n) is 11.0. The van der Waals surface area contributed by atoms with Crippen LogP contribution < -0.4 is 5.32 Å². The predicted molar refractivity (Wildman–Crippen MR) is 81.9 cm³/mol. The molecule has 1 aromatic rings. The molecular weight excluding hydrogens is 330 g/mol. The molecule has 0 aliphatic carbocycles. The fraction of sp³-hybridized carbons (Fsp3) is 0.385. The molecule has 6 heteroatoms. The lowest BCUT2D eigenvalue weighted by Crippen LogP contribution is -2.20. The van der Waals surface area contributed by atoms with E-state index in [1.807, 2.05) is 20.8 Å². The van der Waals surface area contributed by atoms with E-state index >= 15 is 0 Å². The molecule has 0 heterocycles. The van der Waals surface area contributed by atoms with Gasteiger partial charge in [-0.2, -0.15) is 0 Å². The van der Waals surface area contributed by atoms with Gasteiger partial charge in [-0.15, -0.1) is 11.8 Å². The Hall–Kier alpha value is -1.01. The minimum Gasteiger partial charge on any atom is -0.478 e. The van der Waals surface area contributed by atoms with Crippen molar-refractivity contribution in [1.29, 1.82) is 0 Å². The topological polar surface area (TPSA) is 66.4 Å². The molecule has 0 fully saturated rings. The van der Waals surface area contributed by atoms with Gasteiger partial charge in [-0.1, -0.05) is 36.7 Å². The van der Waals surface area contributed by atoms with Crippen LogP contribution in [0.4, 0.5) is 5.69 Å². The van der Waals surface area contributed by atoms with Crippen molar-refractivity contribution < 1.29 is 14.7 Å². The number of thioether (sulfide) groups is 1. The first kappa shape index (κ1) is 16.0. The van der Waals surface area contributed by atoms with Crippen molar-refractivity contribution >= 4 is 45.3 Å². The number of nitrogens with one attached hydrogen (secondary N) is 1. The van der Waals surface area contributed by atoms with Gasteiger partial charge in [-0.05, 0) is 18.2 Å². The third-order valence-corrected chi connectivity index (χ3v) is 3.89. The summed E-state index contributed by atoms with van der Waals surface area (Å²) in [5.41, 5.74) is 0.388. The van der Waals surface area contributed by atoms with Crippen LogP contribution >= 0.6 is 27.7 Å². The molecule has 4 nitrogen and oxygen atoms in total. The molecule has 0 saturated carbocycles. The molecule has 19 heavy (non-hydrogen) atoms. The van der Waals surface area contributed by atoms with Crippen LogP contribution in [0.3, 0.4) is 0 Å². The van der Waals surface area contributed by atoms with Crippen molar-refractivity contribution in [3.05, 3.63) is 28.2 Å². The molecule has 104 valence electrons. The Balaban J connectivity index is 2.78. The number of rotatable bonds is 4. The standard InChI is InChI=1S/C13H16BrNO3S/c1-13(2,3)19-7-11(16)15-10-6-8(14)4-5-9(10)12(17)18/h4-6H,7H2,1-3H3,(H,15,16)(H,17,18). The van der Waals surface area contributed by atoms with Gasteiger partial charge in [0.15, 0.2) is 0 Å². The molecule has 0 unspecified atom stereocenters. The van der Waals surface area contributed by atoms with Gasteiger partial charge in [0.05, 0.1) is 17.0 Å². The Labute approximate surface area is 125 Å². The highest BCUT2D eigenvalue weighted by Gasteiger charge is 2.16. The molecule has 0 radical (unpaired) electrons. The van der Waals surface area contributed by atoms with Crippen LogP contribution in [0, 0.1) is 0 Å². The van der Waals surface area contributed by atoms with Crippen molar-refractivity contribution in [2.45, 2.75) is 25.5 Å². The van der Waals surface area contributed by atoms with Gasteiger partial charge in [-0.25, -0.2) is 4.79 Å². The number of halogens is 1. The fourth-order valence-electron chi connectivity index (χ4n) is 1.27. The Bertz CT molecular complexity index is 497. The van der Waals surface area contributed by atoms with Crippen molar-refractivity contribution in [3.8, 4) is 0 Å². The summed E-state index contributed by atoms with van der Waals surface area (Å²) < 4.78 is 0.709. The van der Waals surface area contributed by atoms with E-state index in [9.17, 15) is 9.59 Å². The minimum atomic E-state index is -1.06. The van der Waals surface area contributed by atoms with Gasteiger partial charge >= 0.3 is 5.97 Å². The zero-order valence-corrected chi connectivity index (χ0v) is 13.4. The van der Waals surface area contributed by atoms with Crippen LogP contribution in [0.2, 0.25) is 0 Å². The number of amides is 1. The first-order valence-electron chi connectivity index (χ1n) is 5.66. The van der Waals surface area contributed by atoms with Crippen LogP contribution in [0.1, 0.15) is 31.1 Å². The lowest BCUT2D eigenvalue weighted by atomic mass is 10.2. The largest absolute Gasteiger partial charge is 0.478 e. The second-order valence-corrected chi connectivity index (χ2v) is 7.66. The van der Waals surface area contributed by atoms with E-state index in [1.54, 1.807) is 12.1 Å². The third kappa shape index (κ3) is 5.65. The highest BCUT2D eigenvalue weighted by molar-refractivity contribution is 9.10. The molecule has 1 aromatic carbocycles. The molecule has 0 aliphatic rings. The highest BCUT2D eigenvalue weighted by Crippen LogP contribution is 2.25. The number of carboxylic acids is 1. The van der Waals surface area contributed by atoms with Crippen LogP contribution in [-0.2, 0) is 4.79 Å². The van der Waals surface area contributed by atoms with Gasteiger partial charge in [-0.3, -0.25) is 4.79 Å². The molecule has 0 atom stereocenters. The Kier molecular flexibility index (Phi) is 5.43. The van der Waals surface area contributed by atoms with Gasteiger partial charge < -0.3 is 10.4 Å². The number of carbonyl (C=O) groups excluding carboxylic acids is 1. The lowest BCUT2D eigenvalue weighted by Gasteiger charge is -2.17. The number of anilines is 1. The van der Waals surface area contributed by atoms with E-state index in [4.69, 9.17) is 5.11 Å². The Morgan fingerprint density at radius 3 is 2.53 bits per heavy atom. The van der Waals surface area contributed by atoms with Gasteiger partial charge in [0.2, 0.25) is 5.91 Å². The van der Waals surface area contributed by atoms with Crippen molar-refractivity contribution in [2.24, 2.45) is 0 Å². The summed E-state index contributed by atoms with van der Waals surface area (Å²) in [6.45, 7) is 6.06. The first-order valence-corrected chi connectivity index (χ1v) is 7.43. The van der Waals surface area contributed by atoms with Gasteiger partial charge in [0.1, 0.15) is 0 Å². The van der Waals surface area contributed by atoms with E-state index in [0.717, 1.165) is 4.47 Å². The molecule has 1 amide bonds. The molecule has 0 bridgehead atoms. The lowest BCUT2D eigenvalue weighted by molar-refractivity contribution is -0.113. The van der Waals surface area contributed by atoms with Crippen molar-refractivity contribution in [1.82, 2.24) is 0 Å². The summed E-state index contributed by atoms with van der Waals surface area (Å²) in [5, 5.41) is 11.7. The average molecular weight is 346 g/mol. The normalized spacial score (nSPS) is 11.2. The monoisotopic (exact) mass is 345 g/mol. The second-order valence-electron chi connectivity index (χ2n) is 4.94. The Morgan fingerprint density at radius 2 is 2.00 bits per heavy atom. The summed E-state index contributed by atoms with van der Waals surface area (Å²) in [4.78, 5) is 22.9. The van der Waals surface area contributed by atoms with Crippen LogP contribution in [0.25, 0.3) is 0 Å². The molecule has 0 saturated heterocycles. The summed E-state index contributed by atoms with van der Waals surface area (Å²) in [6, 6.07) is 4.67. The maximum atomic E-state index is 11.8. The van der Waals surface area contributed by atoms with Crippen LogP contribution in [0.15, 0.2) is 22.7 Å². The van der Waals surface area contributed by atoms with E-state index in [0.29, 0.717) is 5.69 Å². The number of hydrogen-bond acceptors (Lipinski definition) is 3. The zero-order chi connectivity index (χ0) is 14.6. The molecule has 0 spiro atoms. The summed E-state index contributed by atoms with van der Waals surface area (Å²) >= 11 is 4.76. The number of benzene rings is 1. The van der Waals surface area contributed by atoms with E-state index in [2.05, 4.69) is 21.2 Å². The molecule has 2 N–H and O–H groups in total. The van der Waals surface area contributed by atoms with Crippen LogP contribution in [0.5, 0.6) is 0 Å². The number of hydrogen-bond donors (Lipinski definition) is 2. The van der Waals surface area contributed by atoms with Gasteiger partial charge in [0, 0.05) is 9.22 Å². The smallest absolute Gasteiger partial charge is 0.337 e. The SMILES string of the molecule is CC(C)(C)SCC(=O)Nc1cc(Br)ccc1C(=O)O. The predicted octanol–water partition coefficient (Wildman–Crippen LogP) is 3.62. The molecule has 0 aliphatic heterocycles. The second kappa shape index (κ2) is 6.43. The van der Waals surface area contributed by atoms with Gasteiger partial charge in [0.25, 0.3) is 0 Å². The fourth-order valence-corrected chi connectivity index (χ4v) is 2.27. The van der Waals surface area contributed by atoms with Crippen molar-refractivity contribution in [2.75, 3.05) is 11.1 Å².